The van der Waals surface area contributed by atoms with Crippen LogP contribution in [0.15, 0.2) is 36.0 Å². The molecule has 1 saturated heterocycles. The third kappa shape index (κ3) is 3.14. The third-order valence-corrected chi connectivity index (χ3v) is 5.76. The first-order valence-corrected chi connectivity index (χ1v) is 9.74. The number of anilines is 1. The van der Waals surface area contributed by atoms with Crippen molar-refractivity contribution in [2.75, 3.05) is 11.9 Å². The van der Waals surface area contributed by atoms with Crippen LogP contribution in [0.25, 0.3) is 10.2 Å². The van der Waals surface area contributed by atoms with Gasteiger partial charge in [0.05, 0.1) is 16.3 Å². The summed E-state index contributed by atoms with van der Waals surface area (Å²) in [7, 11) is 0. The Bertz CT molecular complexity index is 926. The molecule has 1 amide bonds. The number of aromatic nitrogens is 3. The Hall–Kier alpha value is -2.54. The molecule has 0 saturated carbocycles. The fraction of sp³-hybridized carbons (Fsp3) is 0.368. The smallest absolute Gasteiger partial charge is 0.274 e. The van der Waals surface area contributed by atoms with Crippen LogP contribution in [-0.2, 0) is 0 Å². The van der Waals surface area contributed by atoms with Crippen LogP contribution in [0.1, 0.15) is 48.8 Å². The monoisotopic (exact) mass is 367 g/mol. The Morgan fingerprint density at radius 1 is 1.38 bits per heavy atom. The number of hydrogen-bond donors (Lipinski definition) is 1. The third-order valence-electron chi connectivity index (χ3n) is 4.85. The average molecular weight is 367 g/mol. The molecule has 0 spiro atoms. The Kier molecular flexibility index (Phi) is 4.55. The zero-order chi connectivity index (χ0) is 18.1. The molecule has 2 atom stereocenters. The van der Waals surface area contributed by atoms with Gasteiger partial charge in [0.1, 0.15) is 0 Å². The van der Waals surface area contributed by atoms with Gasteiger partial charge in [0.25, 0.3) is 5.91 Å². The maximum Gasteiger partial charge on any atom is 0.274 e. The molecular formula is C19H21N5OS. The first-order valence-electron chi connectivity index (χ1n) is 8.86. The summed E-state index contributed by atoms with van der Waals surface area (Å²) >= 11 is 1.52. The minimum absolute atomic E-state index is 0.00179. The minimum Gasteiger partial charge on any atom is -0.348 e. The predicted octanol–water partition coefficient (Wildman–Crippen LogP) is 3.88. The van der Waals surface area contributed by atoms with Crippen molar-refractivity contribution in [1.82, 2.24) is 19.9 Å². The lowest BCUT2D eigenvalue weighted by atomic mass is 10.1. The van der Waals surface area contributed by atoms with E-state index in [2.05, 4.69) is 27.2 Å². The van der Waals surface area contributed by atoms with Crippen LogP contribution in [0.3, 0.4) is 0 Å². The van der Waals surface area contributed by atoms with E-state index < -0.39 is 0 Å². The molecule has 1 aliphatic rings. The standard InChI is InChI=1S/C19H21N5OS/c1-12-5-4-9-24(12)18(25)16-17-15(7-10-26-17)22-19(23-16)21-13(2)14-6-3-8-20-11-14/h3,6-8,10-13H,4-5,9H2,1-2H3,(H,21,22,23)/t12-,13-/m0/s1. The highest BCUT2D eigenvalue weighted by Gasteiger charge is 2.29. The summed E-state index contributed by atoms with van der Waals surface area (Å²) in [5, 5.41) is 5.27. The predicted molar refractivity (Wildman–Crippen MR) is 103 cm³/mol. The second-order valence-electron chi connectivity index (χ2n) is 6.67. The highest BCUT2D eigenvalue weighted by molar-refractivity contribution is 7.17. The average Bonchev–Trinajstić information content (AvgIpc) is 3.30. The van der Waals surface area contributed by atoms with Crippen molar-refractivity contribution in [2.24, 2.45) is 0 Å². The van der Waals surface area contributed by atoms with Crippen LogP contribution in [0, 0.1) is 0 Å². The lowest BCUT2D eigenvalue weighted by Crippen LogP contribution is -2.34. The van der Waals surface area contributed by atoms with Gasteiger partial charge in [0.15, 0.2) is 5.69 Å². The number of pyridine rings is 1. The van der Waals surface area contributed by atoms with Crippen LogP contribution < -0.4 is 5.32 Å². The van der Waals surface area contributed by atoms with E-state index in [4.69, 9.17) is 0 Å². The summed E-state index contributed by atoms with van der Waals surface area (Å²) in [6.07, 6.45) is 5.67. The molecule has 0 aromatic carbocycles. The number of rotatable bonds is 4. The fourth-order valence-corrected chi connectivity index (χ4v) is 4.17. The van der Waals surface area contributed by atoms with E-state index in [1.54, 1.807) is 6.20 Å². The minimum atomic E-state index is -0.00607. The molecule has 1 fully saturated rings. The van der Waals surface area contributed by atoms with E-state index in [1.807, 2.05) is 41.6 Å². The zero-order valence-electron chi connectivity index (χ0n) is 14.8. The number of carbonyl (C=O) groups is 1. The van der Waals surface area contributed by atoms with Gasteiger partial charge in [-0.2, -0.15) is 0 Å². The maximum absolute atomic E-state index is 13.1. The second-order valence-corrected chi connectivity index (χ2v) is 7.59. The van der Waals surface area contributed by atoms with Gasteiger partial charge in [-0.05, 0) is 49.8 Å². The summed E-state index contributed by atoms with van der Waals surface area (Å²) in [6, 6.07) is 6.10. The lowest BCUT2D eigenvalue weighted by Gasteiger charge is -2.21. The zero-order valence-corrected chi connectivity index (χ0v) is 15.7. The van der Waals surface area contributed by atoms with E-state index in [-0.39, 0.29) is 18.0 Å². The number of carbonyl (C=O) groups excluding carboxylic acids is 1. The lowest BCUT2D eigenvalue weighted by molar-refractivity contribution is 0.0744. The van der Waals surface area contributed by atoms with Gasteiger partial charge in [-0.1, -0.05) is 6.07 Å². The Balaban J connectivity index is 1.67. The highest BCUT2D eigenvalue weighted by atomic mass is 32.1. The summed E-state index contributed by atoms with van der Waals surface area (Å²) in [5.41, 5.74) is 2.35. The van der Waals surface area contributed by atoms with Gasteiger partial charge >= 0.3 is 0 Å². The largest absolute Gasteiger partial charge is 0.348 e. The summed E-state index contributed by atoms with van der Waals surface area (Å²) in [6.45, 7) is 4.93. The molecule has 0 radical (unpaired) electrons. The Morgan fingerprint density at radius 3 is 3.00 bits per heavy atom. The fourth-order valence-electron chi connectivity index (χ4n) is 3.35. The van der Waals surface area contributed by atoms with Crippen LogP contribution in [-0.4, -0.2) is 38.3 Å². The van der Waals surface area contributed by atoms with Crippen molar-refractivity contribution >= 4 is 33.4 Å². The summed E-state index contributed by atoms with van der Waals surface area (Å²) in [4.78, 5) is 28.3. The number of likely N-dealkylation sites (tertiary alicyclic amines) is 1. The SMILES string of the molecule is C[C@H](Nc1nc(C(=O)N2CCC[C@@H]2C)c2sccc2n1)c1cccnc1. The molecule has 26 heavy (non-hydrogen) atoms. The number of nitrogens with zero attached hydrogens (tertiary/aromatic N) is 4. The van der Waals surface area contributed by atoms with Crippen molar-refractivity contribution < 1.29 is 4.79 Å². The van der Waals surface area contributed by atoms with Crippen LogP contribution >= 0.6 is 11.3 Å². The molecule has 7 heteroatoms. The summed E-state index contributed by atoms with van der Waals surface area (Å²) in [5.74, 6) is 0.476. The van der Waals surface area contributed by atoms with Gasteiger partial charge in [-0.25, -0.2) is 9.97 Å². The molecule has 3 aromatic rings. The van der Waals surface area contributed by atoms with Gasteiger partial charge < -0.3 is 10.2 Å². The maximum atomic E-state index is 13.1. The van der Waals surface area contributed by atoms with Crippen molar-refractivity contribution in [3.63, 3.8) is 0 Å². The number of hydrogen-bond acceptors (Lipinski definition) is 6. The van der Waals surface area contributed by atoms with Crippen LogP contribution in [0.5, 0.6) is 0 Å². The number of nitrogens with one attached hydrogen (secondary N) is 1. The van der Waals surface area contributed by atoms with Crippen molar-refractivity contribution in [3.05, 3.63) is 47.2 Å². The molecule has 4 rings (SSSR count). The second kappa shape index (κ2) is 6.99. The molecule has 6 nitrogen and oxygen atoms in total. The molecule has 0 unspecified atom stereocenters. The Morgan fingerprint density at radius 2 is 2.27 bits per heavy atom. The number of amides is 1. The molecule has 0 aliphatic carbocycles. The van der Waals surface area contributed by atoms with E-state index in [0.717, 1.165) is 35.2 Å². The highest BCUT2D eigenvalue weighted by Crippen LogP contribution is 2.28. The normalized spacial score (nSPS) is 18.2. The summed E-state index contributed by atoms with van der Waals surface area (Å²) < 4.78 is 0.855. The van der Waals surface area contributed by atoms with Gasteiger partial charge in [0.2, 0.25) is 5.95 Å². The van der Waals surface area contributed by atoms with Crippen molar-refractivity contribution in [3.8, 4) is 0 Å². The van der Waals surface area contributed by atoms with Crippen molar-refractivity contribution in [1.29, 1.82) is 0 Å². The molecular weight excluding hydrogens is 346 g/mol. The van der Waals surface area contributed by atoms with E-state index in [1.165, 1.54) is 11.3 Å². The van der Waals surface area contributed by atoms with Crippen molar-refractivity contribution in [2.45, 2.75) is 38.8 Å². The molecule has 4 heterocycles. The van der Waals surface area contributed by atoms with Gasteiger partial charge in [-0.15, -0.1) is 11.3 Å². The Labute approximate surface area is 156 Å². The molecule has 3 aromatic heterocycles. The number of fused-ring (bicyclic) bond motifs is 1. The number of thiophene rings is 1. The molecule has 0 bridgehead atoms. The van der Waals surface area contributed by atoms with E-state index in [9.17, 15) is 4.79 Å². The van der Waals surface area contributed by atoms with E-state index in [0.29, 0.717) is 11.6 Å². The molecule has 1 aliphatic heterocycles. The van der Waals surface area contributed by atoms with Crippen LogP contribution in [0.2, 0.25) is 0 Å². The topological polar surface area (TPSA) is 71.0 Å². The van der Waals surface area contributed by atoms with Gasteiger partial charge in [0, 0.05) is 25.0 Å². The first-order chi connectivity index (χ1) is 12.6. The van der Waals surface area contributed by atoms with Gasteiger partial charge in [-0.3, -0.25) is 9.78 Å². The first kappa shape index (κ1) is 16.9. The quantitative estimate of drug-likeness (QED) is 0.758. The molecule has 134 valence electrons. The van der Waals surface area contributed by atoms with E-state index >= 15 is 0 Å². The van der Waals surface area contributed by atoms with Crippen LogP contribution in [0.4, 0.5) is 5.95 Å². The molecule has 1 N–H and O–H groups in total.